The molecule has 1 aromatic heterocycles. The van der Waals surface area contributed by atoms with Crippen LogP contribution in [0.25, 0.3) is 0 Å². The molecule has 1 aliphatic rings. The lowest BCUT2D eigenvalue weighted by Gasteiger charge is -2.22. The van der Waals surface area contributed by atoms with Gasteiger partial charge in [0.05, 0.1) is 12.7 Å². The van der Waals surface area contributed by atoms with Crippen molar-refractivity contribution in [3.8, 4) is 0 Å². The zero-order valence-electron chi connectivity index (χ0n) is 10.2. The summed E-state index contributed by atoms with van der Waals surface area (Å²) in [6.07, 6.45) is 5.48. The van der Waals surface area contributed by atoms with Gasteiger partial charge < -0.3 is 14.6 Å². The van der Waals surface area contributed by atoms with Gasteiger partial charge in [-0.05, 0) is 0 Å². The zero-order chi connectivity index (χ0) is 12.1. The molecule has 0 aromatic carbocycles. The number of aromatic nitrogens is 2. The number of ketones is 1. The highest BCUT2D eigenvalue weighted by Crippen LogP contribution is 2.06. The molecule has 2 heterocycles. The molecule has 1 unspecified atom stereocenters. The first-order valence-electron chi connectivity index (χ1n) is 6.06. The van der Waals surface area contributed by atoms with Crippen molar-refractivity contribution in [3.05, 3.63) is 18.2 Å². The fraction of sp³-hybridized carbons (Fsp3) is 0.667. The SMILES string of the molecule is Cn1ccnc1CCC(=O)CC1CNCCO1. The van der Waals surface area contributed by atoms with E-state index >= 15 is 0 Å². The first kappa shape index (κ1) is 12.3. The standard InChI is InChI=1S/C12H19N3O2/c1-15-6-4-14-12(15)3-2-10(16)8-11-9-13-5-7-17-11/h4,6,11,13H,2-3,5,7-9H2,1H3. The molecular formula is C12H19N3O2. The molecule has 17 heavy (non-hydrogen) atoms. The summed E-state index contributed by atoms with van der Waals surface area (Å²) in [5.41, 5.74) is 0. The third kappa shape index (κ3) is 3.64. The predicted octanol–water partition coefficient (Wildman–Crippen LogP) is 0.300. The molecule has 1 aliphatic heterocycles. The van der Waals surface area contributed by atoms with Gasteiger partial charge in [-0.1, -0.05) is 0 Å². The number of imidazole rings is 1. The van der Waals surface area contributed by atoms with Gasteiger partial charge >= 0.3 is 0 Å². The molecule has 1 saturated heterocycles. The molecule has 0 aliphatic carbocycles. The van der Waals surface area contributed by atoms with Gasteiger partial charge in [-0.15, -0.1) is 0 Å². The van der Waals surface area contributed by atoms with Crippen molar-refractivity contribution in [1.82, 2.24) is 14.9 Å². The van der Waals surface area contributed by atoms with Crippen LogP contribution in [-0.4, -0.2) is 41.1 Å². The minimum atomic E-state index is 0.0534. The van der Waals surface area contributed by atoms with Crippen molar-refractivity contribution in [2.24, 2.45) is 7.05 Å². The van der Waals surface area contributed by atoms with Gasteiger partial charge in [0, 0.05) is 51.8 Å². The van der Waals surface area contributed by atoms with Gasteiger partial charge in [-0.3, -0.25) is 4.79 Å². The van der Waals surface area contributed by atoms with Gasteiger partial charge in [0.15, 0.2) is 0 Å². The average Bonchev–Trinajstić information content (AvgIpc) is 2.74. The lowest BCUT2D eigenvalue weighted by Crippen LogP contribution is -2.39. The lowest BCUT2D eigenvalue weighted by atomic mass is 10.1. The van der Waals surface area contributed by atoms with Crippen molar-refractivity contribution in [2.45, 2.75) is 25.4 Å². The van der Waals surface area contributed by atoms with Gasteiger partial charge in [0.1, 0.15) is 11.6 Å². The topological polar surface area (TPSA) is 56.2 Å². The second-order valence-corrected chi connectivity index (χ2v) is 4.39. The third-order valence-electron chi connectivity index (χ3n) is 3.01. The molecule has 1 atom stereocenters. The molecule has 0 radical (unpaired) electrons. The predicted molar refractivity (Wildman–Crippen MR) is 63.8 cm³/mol. The summed E-state index contributed by atoms with van der Waals surface area (Å²) in [7, 11) is 1.95. The molecule has 0 saturated carbocycles. The van der Waals surface area contributed by atoms with Crippen molar-refractivity contribution in [1.29, 1.82) is 0 Å². The Labute approximate surface area is 101 Å². The third-order valence-corrected chi connectivity index (χ3v) is 3.01. The van der Waals surface area contributed by atoms with Crippen LogP contribution in [-0.2, 0) is 23.0 Å². The molecule has 0 spiro atoms. The molecule has 1 aromatic rings. The van der Waals surface area contributed by atoms with E-state index in [9.17, 15) is 4.79 Å². The molecule has 0 bridgehead atoms. The summed E-state index contributed by atoms with van der Waals surface area (Å²) >= 11 is 0. The number of carbonyl (C=O) groups is 1. The highest BCUT2D eigenvalue weighted by Gasteiger charge is 2.17. The van der Waals surface area contributed by atoms with Crippen LogP contribution in [0.1, 0.15) is 18.7 Å². The molecule has 5 heteroatoms. The number of hydrogen-bond acceptors (Lipinski definition) is 4. The first-order chi connectivity index (χ1) is 8.25. The van der Waals surface area contributed by atoms with E-state index in [0.29, 0.717) is 25.9 Å². The highest BCUT2D eigenvalue weighted by molar-refractivity contribution is 5.79. The number of nitrogens with one attached hydrogen (secondary N) is 1. The van der Waals surface area contributed by atoms with E-state index in [2.05, 4.69) is 10.3 Å². The van der Waals surface area contributed by atoms with E-state index in [4.69, 9.17) is 4.74 Å². The van der Waals surface area contributed by atoms with Crippen LogP contribution >= 0.6 is 0 Å². The molecule has 2 rings (SSSR count). The Hall–Kier alpha value is -1.20. The summed E-state index contributed by atoms with van der Waals surface area (Å²) in [5.74, 6) is 1.21. The minimum Gasteiger partial charge on any atom is -0.375 e. The van der Waals surface area contributed by atoms with Crippen LogP contribution in [0.2, 0.25) is 0 Å². The normalized spacial score (nSPS) is 20.4. The fourth-order valence-corrected chi connectivity index (χ4v) is 2.00. The average molecular weight is 237 g/mol. The summed E-state index contributed by atoms with van der Waals surface area (Å²) in [6.45, 7) is 2.38. The van der Waals surface area contributed by atoms with E-state index < -0.39 is 0 Å². The largest absolute Gasteiger partial charge is 0.375 e. The summed E-state index contributed by atoms with van der Waals surface area (Å²) in [6, 6.07) is 0. The number of ether oxygens (including phenoxy) is 1. The highest BCUT2D eigenvalue weighted by atomic mass is 16.5. The maximum Gasteiger partial charge on any atom is 0.135 e. The number of nitrogens with zero attached hydrogens (tertiary/aromatic N) is 2. The maximum absolute atomic E-state index is 11.8. The number of carbonyl (C=O) groups excluding carboxylic acids is 1. The van der Waals surface area contributed by atoms with E-state index in [1.54, 1.807) is 6.20 Å². The lowest BCUT2D eigenvalue weighted by molar-refractivity contribution is -0.122. The minimum absolute atomic E-state index is 0.0534. The number of morpholine rings is 1. The van der Waals surface area contributed by atoms with Crippen LogP contribution in [0.4, 0.5) is 0 Å². The second kappa shape index (κ2) is 5.93. The molecule has 94 valence electrons. The van der Waals surface area contributed by atoms with Crippen LogP contribution in [0.3, 0.4) is 0 Å². The van der Waals surface area contributed by atoms with E-state index in [-0.39, 0.29) is 11.9 Å². The van der Waals surface area contributed by atoms with Crippen molar-refractivity contribution in [3.63, 3.8) is 0 Å². The molecule has 5 nitrogen and oxygen atoms in total. The van der Waals surface area contributed by atoms with Crippen LogP contribution in [0, 0.1) is 0 Å². The van der Waals surface area contributed by atoms with Gasteiger partial charge in [0.25, 0.3) is 0 Å². The number of aryl methyl sites for hydroxylation is 2. The summed E-state index contributed by atoms with van der Waals surface area (Å²) in [5, 5.41) is 3.23. The van der Waals surface area contributed by atoms with Crippen LogP contribution in [0.5, 0.6) is 0 Å². The Kier molecular flexibility index (Phi) is 4.28. The Bertz CT molecular complexity index is 370. The monoisotopic (exact) mass is 237 g/mol. The van der Waals surface area contributed by atoms with Gasteiger partial charge in [-0.25, -0.2) is 4.98 Å². The Morgan fingerprint density at radius 1 is 1.71 bits per heavy atom. The van der Waals surface area contributed by atoms with Crippen LogP contribution < -0.4 is 5.32 Å². The van der Waals surface area contributed by atoms with Crippen molar-refractivity contribution in [2.75, 3.05) is 19.7 Å². The maximum atomic E-state index is 11.8. The number of Topliss-reactive ketones (excluding diaryl/α,β-unsaturated/α-hetero) is 1. The van der Waals surface area contributed by atoms with E-state index in [1.165, 1.54) is 0 Å². The van der Waals surface area contributed by atoms with E-state index in [1.807, 2.05) is 17.8 Å². The van der Waals surface area contributed by atoms with Gasteiger partial charge in [0.2, 0.25) is 0 Å². The Morgan fingerprint density at radius 2 is 2.59 bits per heavy atom. The quantitative estimate of drug-likeness (QED) is 0.800. The Balaban J connectivity index is 1.72. The van der Waals surface area contributed by atoms with Crippen molar-refractivity contribution < 1.29 is 9.53 Å². The fourth-order valence-electron chi connectivity index (χ4n) is 2.00. The van der Waals surface area contributed by atoms with Crippen LogP contribution in [0.15, 0.2) is 12.4 Å². The molecule has 0 amide bonds. The molecular weight excluding hydrogens is 218 g/mol. The molecule has 1 fully saturated rings. The second-order valence-electron chi connectivity index (χ2n) is 4.39. The smallest absolute Gasteiger partial charge is 0.135 e. The molecule has 1 N–H and O–H groups in total. The van der Waals surface area contributed by atoms with E-state index in [0.717, 1.165) is 18.9 Å². The zero-order valence-corrected chi connectivity index (χ0v) is 10.2. The summed E-state index contributed by atoms with van der Waals surface area (Å²) < 4.78 is 7.46. The van der Waals surface area contributed by atoms with Crippen molar-refractivity contribution >= 4 is 5.78 Å². The number of rotatable bonds is 5. The first-order valence-corrected chi connectivity index (χ1v) is 6.06. The Morgan fingerprint density at radius 3 is 3.24 bits per heavy atom. The van der Waals surface area contributed by atoms with Gasteiger partial charge in [-0.2, -0.15) is 0 Å². The number of hydrogen-bond donors (Lipinski definition) is 1. The summed E-state index contributed by atoms with van der Waals surface area (Å²) in [4.78, 5) is 16.0.